The first-order valence-electron chi connectivity index (χ1n) is 6.79. The maximum atomic E-state index is 13.9. The van der Waals surface area contributed by atoms with E-state index in [-0.39, 0.29) is 6.61 Å². The molecule has 106 valence electrons. The fourth-order valence-corrected chi connectivity index (χ4v) is 2.42. The van der Waals surface area contributed by atoms with Gasteiger partial charge < -0.3 is 4.74 Å². The van der Waals surface area contributed by atoms with Gasteiger partial charge in [0, 0.05) is 0 Å². The Morgan fingerprint density at radius 2 is 1.86 bits per heavy atom. The third kappa shape index (κ3) is 2.78. The van der Waals surface area contributed by atoms with Crippen molar-refractivity contribution >= 4 is 16.6 Å². The molecule has 21 heavy (non-hydrogen) atoms. The predicted octanol–water partition coefficient (Wildman–Crippen LogP) is 3.76. The molecule has 0 fully saturated rings. The molecule has 0 radical (unpaired) electrons. The molecular weight excluding hydrogens is 267 g/mol. The lowest BCUT2D eigenvalue weighted by Gasteiger charge is -2.23. The summed E-state index contributed by atoms with van der Waals surface area (Å²) in [6, 6.07) is 14.0. The van der Waals surface area contributed by atoms with Gasteiger partial charge in [0.15, 0.2) is 12.0 Å². The number of benzene rings is 2. The van der Waals surface area contributed by atoms with Crippen molar-refractivity contribution < 1.29 is 13.9 Å². The van der Waals surface area contributed by atoms with Gasteiger partial charge in [-0.3, -0.25) is 4.79 Å². The Morgan fingerprint density at radius 3 is 2.67 bits per heavy atom. The average molecular weight is 282 g/mol. The summed E-state index contributed by atoms with van der Waals surface area (Å²) in [6.45, 7) is 3.98. The van der Waals surface area contributed by atoms with Crippen LogP contribution in [0.4, 0.5) is 4.39 Å². The van der Waals surface area contributed by atoms with Crippen LogP contribution in [0.15, 0.2) is 66.8 Å². The molecule has 1 aliphatic rings. The Balaban J connectivity index is 1.75. The second kappa shape index (κ2) is 5.62. The molecule has 2 aromatic rings. The number of allylic oxidation sites excluding steroid dienone is 1. The van der Waals surface area contributed by atoms with Crippen LogP contribution < -0.4 is 0 Å². The van der Waals surface area contributed by atoms with E-state index in [2.05, 4.69) is 6.58 Å². The Labute approximate surface area is 122 Å². The van der Waals surface area contributed by atoms with Gasteiger partial charge in [-0.2, -0.15) is 0 Å². The van der Waals surface area contributed by atoms with Gasteiger partial charge in [0.2, 0.25) is 0 Å². The van der Waals surface area contributed by atoms with Crippen LogP contribution in [0.5, 0.6) is 0 Å². The summed E-state index contributed by atoms with van der Waals surface area (Å²) in [5.41, 5.74) is 1.43. The van der Waals surface area contributed by atoms with Crippen LogP contribution in [0.3, 0.4) is 0 Å². The van der Waals surface area contributed by atoms with Crippen molar-refractivity contribution in [2.75, 3.05) is 0 Å². The van der Waals surface area contributed by atoms with Gasteiger partial charge in [-0.1, -0.05) is 49.1 Å². The number of carbonyl (C=O) groups is 1. The second-order valence-corrected chi connectivity index (χ2v) is 5.13. The monoisotopic (exact) mass is 282 g/mol. The molecule has 2 aromatic carbocycles. The zero-order valence-electron chi connectivity index (χ0n) is 11.5. The summed E-state index contributed by atoms with van der Waals surface area (Å²) in [6.07, 6.45) is 0.170. The van der Waals surface area contributed by atoms with E-state index in [1.54, 1.807) is 0 Å². The molecule has 0 saturated heterocycles. The van der Waals surface area contributed by atoms with E-state index in [1.165, 1.54) is 12.2 Å². The van der Waals surface area contributed by atoms with E-state index < -0.39 is 18.1 Å². The van der Waals surface area contributed by atoms with E-state index in [0.29, 0.717) is 5.57 Å². The highest BCUT2D eigenvalue weighted by molar-refractivity contribution is 5.96. The quantitative estimate of drug-likeness (QED) is 0.857. The van der Waals surface area contributed by atoms with Crippen LogP contribution in [0.1, 0.15) is 5.56 Å². The van der Waals surface area contributed by atoms with Crippen molar-refractivity contribution in [1.29, 1.82) is 0 Å². The Kier molecular flexibility index (Phi) is 3.67. The molecule has 0 unspecified atom stereocenters. The van der Waals surface area contributed by atoms with Crippen molar-refractivity contribution in [3.8, 4) is 0 Å². The predicted molar refractivity (Wildman–Crippen MR) is 80.7 cm³/mol. The molecule has 0 heterocycles. The van der Waals surface area contributed by atoms with Crippen LogP contribution in [-0.2, 0) is 16.1 Å². The number of ketones is 1. The van der Waals surface area contributed by atoms with Crippen molar-refractivity contribution in [2.45, 2.75) is 18.9 Å². The minimum atomic E-state index is -1.66. The minimum Gasteiger partial charge on any atom is -0.365 e. The number of halogens is 1. The number of fused-ring (bicyclic) bond motifs is 1. The van der Waals surface area contributed by atoms with Gasteiger partial charge in [0.05, 0.1) is 6.61 Å². The summed E-state index contributed by atoms with van der Waals surface area (Å²) in [5, 5.41) is 2.25. The highest BCUT2D eigenvalue weighted by atomic mass is 19.1. The standard InChI is InChI=1S/C18H15FO2/c1-12-6-9-16(20)17(19)18(12)21-11-13-7-8-14-4-2-3-5-15(14)10-13/h2-10,17-18H,1,11H2/t17-,18+/m0/s1. The average Bonchev–Trinajstić information content (AvgIpc) is 2.51. The number of alkyl halides is 1. The Morgan fingerprint density at radius 1 is 1.10 bits per heavy atom. The van der Waals surface area contributed by atoms with Crippen molar-refractivity contribution in [3.63, 3.8) is 0 Å². The van der Waals surface area contributed by atoms with Gasteiger partial charge in [-0.25, -0.2) is 4.39 Å². The lowest BCUT2D eigenvalue weighted by atomic mass is 9.97. The molecule has 0 bridgehead atoms. The van der Waals surface area contributed by atoms with Crippen LogP contribution in [0.2, 0.25) is 0 Å². The maximum absolute atomic E-state index is 13.9. The van der Waals surface area contributed by atoms with Crippen LogP contribution in [-0.4, -0.2) is 18.1 Å². The smallest absolute Gasteiger partial charge is 0.192 e. The first kappa shape index (κ1) is 13.7. The van der Waals surface area contributed by atoms with E-state index in [9.17, 15) is 9.18 Å². The van der Waals surface area contributed by atoms with Gasteiger partial charge in [0.1, 0.15) is 6.10 Å². The Hall–Kier alpha value is -2.26. The van der Waals surface area contributed by atoms with Crippen LogP contribution >= 0.6 is 0 Å². The number of ether oxygens (including phenoxy) is 1. The highest BCUT2D eigenvalue weighted by Crippen LogP contribution is 2.22. The minimum absolute atomic E-state index is 0.246. The lowest BCUT2D eigenvalue weighted by molar-refractivity contribution is -0.124. The third-order valence-corrected chi connectivity index (χ3v) is 3.61. The molecule has 2 atom stereocenters. The van der Waals surface area contributed by atoms with Crippen molar-refractivity contribution in [1.82, 2.24) is 0 Å². The molecule has 0 spiro atoms. The number of carbonyl (C=O) groups excluding carboxylic acids is 1. The van der Waals surface area contributed by atoms with Crippen molar-refractivity contribution in [3.05, 3.63) is 72.3 Å². The molecule has 3 rings (SSSR count). The van der Waals surface area contributed by atoms with E-state index in [4.69, 9.17) is 4.74 Å². The normalized spacial score (nSPS) is 22.0. The Bertz CT molecular complexity index is 733. The molecule has 3 heteroatoms. The number of hydrogen-bond acceptors (Lipinski definition) is 2. The molecule has 0 N–H and O–H groups in total. The molecule has 1 aliphatic carbocycles. The van der Waals surface area contributed by atoms with E-state index in [0.717, 1.165) is 16.3 Å². The summed E-state index contributed by atoms with van der Waals surface area (Å²) in [7, 11) is 0. The largest absolute Gasteiger partial charge is 0.365 e. The summed E-state index contributed by atoms with van der Waals surface area (Å²) in [4.78, 5) is 11.4. The number of hydrogen-bond donors (Lipinski definition) is 0. The van der Waals surface area contributed by atoms with Crippen LogP contribution in [0, 0.1) is 0 Å². The maximum Gasteiger partial charge on any atom is 0.192 e. The van der Waals surface area contributed by atoms with Gasteiger partial charge in [-0.15, -0.1) is 0 Å². The summed E-state index contributed by atoms with van der Waals surface area (Å²) >= 11 is 0. The molecule has 2 nitrogen and oxygen atoms in total. The molecule has 0 aromatic heterocycles. The van der Waals surface area contributed by atoms with Crippen LogP contribution in [0.25, 0.3) is 10.8 Å². The fourth-order valence-electron chi connectivity index (χ4n) is 2.42. The molecule has 0 saturated carbocycles. The second-order valence-electron chi connectivity index (χ2n) is 5.13. The third-order valence-electron chi connectivity index (χ3n) is 3.61. The summed E-state index contributed by atoms with van der Waals surface area (Å²) < 4.78 is 19.4. The van der Waals surface area contributed by atoms with Gasteiger partial charge >= 0.3 is 0 Å². The van der Waals surface area contributed by atoms with Gasteiger partial charge in [0.25, 0.3) is 0 Å². The summed E-state index contributed by atoms with van der Waals surface area (Å²) in [5.74, 6) is -0.564. The van der Waals surface area contributed by atoms with Gasteiger partial charge in [-0.05, 0) is 34.1 Å². The molecular formula is C18H15FO2. The van der Waals surface area contributed by atoms with Crippen molar-refractivity contribution in [2.24, 2.45) is 0 Å². The topological polar surface area (TPSA) is 26.3 Å². The fraction of sp³-hybridized carbons (Fsp3) is 0.167. The number of rotatable bonds is 3. The molecule has 0 amide bonds. The SMILES string of the molecule is C=C1C=CC(=O)[C@H](F)[C@@H]1OCc1ccc2ccccc2c1. The molecule has 0 aliphatic heterocycles. The lowest BCUT2D eigenvalue weighted by Crippen LogP contribution is -2.35. The van der Waals surface area contributed by atoms with E-state index in [1.807, 2.05) is 42.5 Å². The highest BCUT2D eigenvalue weighted by Gasteiger charge is 2.32. The van der Waals surface area contributed by atoms with E-state index >= 15 is 0 Å². The first-order chi connectivity index (χ1) is 10.1. The zero-order valence-corrected chi connectivity index (χ0v) is 11.5. The first-order valence-corrected chi connectivity index (χ1v) is 6.79. The zero-order chi connectivity index (χ0) is 14.8.